The summed E-state index contributed by atoms with van der Waals surface area (Å²) in [5.74, 6) is 2.45. The standard InChI is InChI=1S/C23H46N2.C9H18BrN.C5H10Br2/c1-17(19-16-21(4,5)25(11)23(19,8)9)13-12-14-18-15-20(2,3)24(10)22(18,6)7;1-8(2)6-7(10)9(3,4)11(8)5;1-5(7)3-2-4-6/h17-19H,12-16H2,1-11H3;7H,6H2,1-5H3;5H,2-4H2,1H3. The number of halogens is 3. The van der Waals surface area contributed by atoms with E-state index in [0.29, 0.717) is 42.9 Å². The molecule has 6 heteroatoms. The molecule has 43 heavy (non-hydrogen) atoms. The minimum Gasteiger partial charge on any atom is -0.296 e. The Bertz CT molecular complexity index is 848. The second-order valence-electron chi connectivity index (χ2n) is 18.0. The van der Waals surface area contributed by atoms with Crippen molar-refractivity contribution in [1.82, 2.24) is 14.7 Å². The summed E-state index contributed by atoms with van der Waals surface area (Å²) in [5.41, 5.74) is 1.98. The van der Waals surface area contributed by atoms with Gasteiger partial charge in [-0.1, -0.05) is 74.5 Å². The molecule has 5 unspecified atom stereocenters. The minimum absolute atomic E-state index is 0.295. The Hall–Kier alpha value is 1.32. The Balaban J connectivity index is 0.000000420. The number of alkyl halides is 3. The summed E-state index contributed by atoms with van der Waals surface area (Å²) in [6, 6.07) is 0. The van der Waals surface area contributed by atoms with Crippen LogP contribution in [-0.4, -0.2) is 84.1 Å². The van der Waals surface area contributed by atoms with Crippen molar-refractivity contribution in [3.63, 3.8) is 0 Å². The lowest BCUT2D eigenvalue weighted by atomic mass is 9.75. The van der Waals surface area contributed by atoms with E-state index in [9.17, 15) is 0 Å². The third kappa shape index (κ3) is 10.4. The van der Waals surface area contributed by atoms with Gasteiger partial charge in [-0.05, 0) is 161 Å². The zero-order valence-corrected chi connectivity index (χ0v) is 36.5. The first kappa shape index (κ1) is 42.3. The second-order valence-corrected chi connectivity index (χ2v) is 21.4. The van der Waals surface area contributed by atoms with Crippen LogP contribution in [0.5, 0.6) is 0 Å². The van der Waals surface area contributed by atoms with Crippen molar-refractivity contribution in [2.75, 3.05) is 26.5 Å². The Kier molecular flexibility index (Phi) is 15.5. The largest absolute Gasteiger partial charge is 0.296 e. The predicted octanol–water partition coefficient (Wildman–Crippen LogP) is 11.4. The average molecular weight is 801 g/mol. The van der Waals surface area contributed by atoms with Gasteiger partial charge in [-0.15, -0.1) is 0 Å². The molecule has 0 aromatic heterocycles. The van der Waals surface area contributed by atoms with E-state index in [4.69, 9.17) is 0 Å². The Morgan fingerprint density at radius 3 is 1.35 bits per heavy atom. The lowest BCUT2D eigenvalue weighted by Gasteiger charge is -2.40. The molecular formula is C37H74Br3N3. The Labute approximate surface area is 296 Å². The van der Waals surface area contributed by atoms with Crippen molar-refractivity contribution >= 4 is 47.8 Å². The maximum Gasteiger partial charge on any atom is 0.0342 e. The first-order valence-corrected chi connectivity index (χ1v) is 20.2. The second kappa shape index (κ2) is 15.7. The number of hydrogen-bond donors (Lipinski definition) is 0. The van der Waals surface area contributed by atoms with Crippen molar-refractivity contribution in [2.24, 2.45) is 17.8 Å². The summed E-state index contributed by atoms with van der Waals surface area (Å²) < 4.78 is 0. The highest BCUT2D eigenvalue weighted by molar-refractivity contribution is 9.10. The third-order valence-electron chi connectivity index (χ3n) is 12.8. The molecule has 0 aromatic carbocycles. The highest BCUT2D eigenvalue weighted by atomic mass is 79.9. The molecule has 0 saturated carbocycles. The van der Waals surface area contributed by atoms with Gasteiger partial charge in [0, 0.05) is 48.2 Å². The zero-order chi connectivity index (χ0) is 34.0. The van der Waals surface area contributed by atoms with Gasteiger partial charge < -0.3 is 0 Å². The minimum atomic E-state index is 0.295. The van der Waals surface area contributed by atoms with Crippen LogP contribution < -0.4 is 0 Å². The first-order valence-electron chi connectivity index (χ1n) is 17.3. The van der Waals surface area contributed by atoms with Crippen LogP contribution in [-0.2, 0) is 0 Å². The van der Waals surface area contributed by atoms with E-state index in [1.54, 1.807) is 0 Å². The lowest BCUT2D eigenvalue weighted by Crippen LogP contribution is -2.47. The topological polar surface area (TPSA) is 9.72 Å². The summed E-state index contributed by atoms with van der Waals surface area (Å²) >= 11 is 10.5. The number of likely N-dealkylation sites (tertiary alicyclic amines) is 3. The van der Waals surface area contributed by atoms with E-state index in [1.165, 1.54) is 51.4 Å². The molecule has 3 aliphatic rings. The van der Waals surface area contributed by atoms with Crippen molar-refractivity contribution in [3.8, 4) is 0 Å². The summed E-state index contributed by atoms with van der Waals surface area (Å²) in [7, 11) is 6.86. The quantitative estimate of drug-likeness (QED) is 0.226. The van der Waals surface area contributed by atoms with Gasteiger partial charge >= 0.3 is 0 Å². The summed E-state index contributed by atoms with van der Waals surface area (Å²) in [5, 5.41) is 1.13. The highest BCUT2D eigenvalue weighted by Gasteiger charge is 2.52. The van der Waals surface area contributed by atoms with Crippen LogP contribution in [0.25, 0.3) is 0 Å². The molecule has 258 valence electrons. The van der Waals surface area contributed by atoms with Crippen LogP contribution in [0, 0.1) is 17.8 Å². The molecule has 3 fully saturated rings. The van der Waals surface area contributed by atoms with Gasteiger partial charge in [-0.25, -0.2) is 0 Å². The number of hydrogen-bond acceptors (Lipinski definition) is 3. The molecule has 0 bridgehead atoms. The fraction of sp³-hybridized carbons (Fsp3) is 1.00. The van der Waals surface area contributed by atoms with Crippen LogP contribution >= 0.6 is 47.8 Å². The molecule has 3 heterocycles. The van der Waals surface area contributed by atoms with Gasteiger partial charge in [0.2, 0.25) is 0 Å². The van der Waals surface area contributed by atoms with Gasteiger partial charge in [-0.3, -0.25) is 14.7 Å². The molecule has 0 N–H and O–H groups in total. The summed E-state index contributed by atoms with van der Waals surface area (Å²) in [6.07, 6.45) is 10.6. The lowest BCUT2D eigenvalue weighted by molar-refractivity contribution is 0.0843. The Morgan fingerprint density at radius 1 is 0.628 bits per heavy atom. The normalized spacial score (nSPS) is 32.0. The molecule has 3 aliphatic heterocycles. The first-order chi connectivity index (χ1) is 19.2. The molecular weight excluding hydrogens is 726 g/mol. The van der Waals surface area contributed by atoms with E-state index in [0.717, 1.165) is 23.1 Å². The number of nitrogens with zero attached hydrogens (tertiary/aromatic N) is 3. The van der Waals surface area contributed by atoms with Crippen molar-refractivity contribution in [2.45, 2.75) is 191 Å². The van der Waals surface area contributed by atoms with Crippen LogP contribution in [0.4, 0.5) is 0 Å². The van der Waals surface area contributed by atoms with Gasteiger partial charge in [-0.2, -0.15) is 0 Å². The van der Waals surface area contributed by atoms with E-state index in [1.807, 2.05) is 0 Å². The maximum atomic E-state index is 3.73. The predicted molar refractivity (Wildman–Crippen MR) is 206 cm³/mol. The molecule has 3 rings (SSSR count). The SMILES string of the molecule is CC(Br)CCCBr.CC(CCCC1CC(C)(C)N(C)C1(C)C)C1CC(C)(C)N(C)C1(C)C.CN1C(C)(C)CC(Br)C1(C)C. The molecule has 3 nitrogen and oxygen atoms in total. The summed E-state index contributed by atoms with van der Waals surface area (Å²) in [4.78, 5) is 9.00. The fourth-order valence-electron chi connectivity index (χ4n) is 8.41. The average Bonchev–Trinajstić information content (AvgIpc) is 3.21. The van der Waals surface area contributed by atoms with Crippen molar-refractivity contribution in [3.05, 3.63) is 0 Å². The van der Waals surface area contributed by atoms with E-state index < -0.39 is 0 Å². The van der Waals surface area contributed by atoms with Crippen molar-refractivity contribution < 1.29 is 0 Å². The van der Waals surface area contributed by atoms with Gasteiger partial charge in [0.15, 0.2) is 0 Å². The molecule has 0 radical (unpaired) electrons. The molecule has 0 aliphatic carbocycles. The maximum absolute atomic E-state index is 3.73. The van der Waals surface area contributed by atoms with Gasteiger partial charge in [0.25, 0.3) is 0 Å². The van der Waals surface area contributed by atoms with Crippen LogP contribution in [0.1, 0.15) is 148 Å². The van der Waals surface area contributed by atoms with E-state index >= 15 is 0 Å². The Morgan fingerprint density at radius 2 is 1.07 bits per heavy atom. The fourth-order valence-corrected chi connectivity index (χ4v) is 10.2. The smallest absolute Gasteiger partial charge is 0.0342 e. The zero-order valence-electron chi connectivity index (χ0n) is 31.7. The van der Waals surface area contributed by atoms with Crippen LogP contribution in [0.15, 0.2) is 0 Å². The molecule has 0 aromatic rings. The molecule has 0 amide bonds. The molecule has 0 spiro atoms. The highest BCUT2D eigenvalue weighted by Crippen LogP contribution is 2.49. The van der Waals surface area contributed by atoms with Crippen LogP contribution in [0.2, 0.25) is 0 Å². The van der Waals surface area contributed by atoms with Crippen LogP contribution in [0.3, 0.4) is 0 Å². The monoisotopic (exact) mass is 797 g/mol. The third-order valence-corrected chi connectivity index (χ3v) is 15.2. The molecule has 5 atom stereocenters. The van der Waals surface area contributed by atoms with E-state index in [2.05, 4.69) is 181 Å². The van der Waals surface area contributed by atoms with E-state index in [-0.39, 0.29) is 0 Å². The van der Waals surface area contributed by atoms with Gasteiger partial charge in [0.05, 0.1) is 0 Å². The molecule has 3 saturated heterocycles. The number of rotatable bonds is 8. The van der Waals surface area contributed by atoms with Gasteiger partial charge in [0.1, 0.15) is 0 Å². The van der Waals surface area contributed by atoms with Crippen molar-refractivity contribution in [1.29, 1.82) is 0 Å². The summed E-state index contributed by atoms with van der Waals surface area (Å²) in [6.45, 7) is 33.4.